The number of likely N-dealkylation sites (tertiary alicyclic amines) is 1. The predicted molar refractivity (Wildman–Crippen MR) is 90.3 cm³/mol. The predicted octanol–water partition coefficient (Wildman–Crippen LogP) is 4.44. The Balaban J connectivity index is 1.63. The van der Waals surface area contributed by atoms with Crippen LogP contribution in [0.1, 0.15) is 12.0 Å². The lowest BCUT2D eigenvalue weighted by atomic mass is 10.1. The molecule has 1 aliphatic rings. The summed E-state index contributed by atoms with van der Waals surface area (Å²) in [6.07, 6.45) is -1.30. The van der Waals surface area contributed by atoms with Crippen LogP contribution in [0.15, 0.2) is 42.7 Å². The molecule has 0 aliphatic carbocycles. The molecular weight excluding hydrogens is 371 g/mol. The molecule has 1 fully saturated rings. The lowest BCUT2D eigenvalue weighted by Crippen LogP contribution is -2.35. The molecule has 3 rings (SSSR count). The highest BCUT2D eigenvalue weighted by Crippen LogP contribution is 2.34. The molecule has 0 radical (unpaired) electrons. The van der Waals surface area contributed by atoms with E-state index < -0.39 is 17.8 Å². The third-order valence-corrected chi connectivity index (χ3v) is 4.22. The number of nitrogens with one attached hydrogen (secondary N) is 1. The van der Waals surface area contributed by atoms with Crippen molar-refractivity contribution in [3.05, 3.63) is 53.3 Å². The Morgan fingerprint density at radius 2 is 2.08 bits per heavy atom. The zero-order chi connectivity index (χ0) is 18.7. The molecule has 1 N–H and O–H groups in total. The molecule has 1 aliphatic heterocycles. The molecule has 1 saturated heterocycles. The van der Waals surface area contributed by atoms with E-state index >= 15 is 0 Å². The van der Waals surface area contributed by atoms with Gasteiger partial charge in [0.05, 0.1) is 17.8 Å². The minimum Gasteiger partial charge on any atom is -0.487 e. The highest BCUT2D eigenvalue weighted by atomic mass is 35.5. The zero-order valence-electron chi connectivity index (χ0n) is 13.5. The van der Waals surface area contributed by atoms with Gasteiger partial charge in [0.15, 0.2) is 0 Å². The molecule has 0 spiro atoms. The van der Waals surface area contributed by atoms with Gasteiger partial charge in [0.1, 0.15) is 16.9 Å². The van der Waals surface area contributed by atoms with Crippen molar-refractivity contribution >= 4 is 23.3 Å². The van der Waals surface area contributed by atoms with E-state index in [4.69, 9.17) is 16.3 Å². The second-order valence-electron chi connectivity index (χ2n) is 5.75. The van der Waals surface area contributed by atoms with E-state index in [2.05, 4.69) is 10.3 Å². The maximum atomic E-state index is 13.0. The number of urea groups is 1. The first-order valence-electron chi connectivity index (χ1n) is 7.83. The minimum absolute atomic E-state index is 0.249. The summed E-state index contributed by atoms with van der Waals surface area (Å²) in [5.41, 5.74) is -1.16. The van der Waals surface area contributed by atoms with Gasteiger partial charge in [-0.1, -0.05) is 23.7 Å². The molecule has 2 aromatic rings. The maximum Gasteiger partial charge on any atom is 0.418 e. The molecule has 0 bridgehead atoms. The first kappa shape index (κ1) is 18.3. The summed E-state index contributed by atoms with van der Waals surface area (Å²) in [5.74, 6) is 0.455. The number of hydrogen-bond acceptors (Lipinski definition) is 3. The topological polar surface area (TPSA) is 54.5 Å². The van der Waals surface area contributed by atoms with Crippen LogP contribution >= 0.6 is 11.6 Å². The first-order valence-corrected chi connectivity index (χ1v) is 8.20. The number of nitrogens with zero attached hydrogens (tertiary/aromatic N) is 2. The fourth-order valence-electron chi connectivity index (χ4n) is 2.68. The van der Waals surface area contributed by atoms with Gasteiger partial charge in [-0.05, 0) is 12.1 Å². The molecule has 5 nitrogen and oxygen atoms in total. The number of pyridine rings is 1. The van der Waals surface area contributed by atoms with Crippen LogP contribution in [-0.4, -0.2) is 35.1 Å². The zero-order valence-corrected chi connectivity index (χ0v) is 14.2. The van der Waals surface area contributed by atoms with Crippen LogP contribution in [0.25, 0.3) is 0 Å². The molecule has 2 amide bonds. The Morgan fingerprint density at radius 1 is 1.31 bits per heavy atom. The van der Waals surface area contributed by atoms with Gasteiger partial charge in [0, 0.05) is 31.4 Å². The highest BCUT2D eigenvalue weighted by molar-refractivity contribution is 6.31. The van der Waals surface area contributed by atoms with Gasteiger partial charge < -0.3 is 15.0 Å². The molecule has 1 aromatic carbocycles. The summed E-state index contributed by atoms with van der Waals surface area (Å²) in [7, 11) is 0. The van der Waals surface area contributed by atoms with Crippen molar-refractivity contribution in [2.24, 2.45) is 0 Å². The van der Waals surface area contributed by atoms with Crippen LogP contribution in [0, 0.1) is 0 Å². The smallest absolute Gasteiger partial charge is 0.418 e. The highest BCUT2D eigenvalue weighted by Gasteiger charge is 2.34. The second-order valence-corrected chi connectivity index (χ2v) is 6.16. The van der Waals surface area contributed by atoms with E-state index in [1.54, 1.807) is 6.07 Å². The van der Waals surface area contributed by atoms with Gasteiger partial charge in [-0.25, -0.2) is 4.79 Å². The average Bonchev–Trinajstić information content (AvgIpc) is 3.05. The number of rotatable bonds is 3. The summed E-state index contributed by atoms with van der Waals surface area (Å²) in [6.45, 7) is 0.617. The van der Waals surface area contributed by atoms with E-state index in [9.17, 15) is 18.0 Å². The number of halogens is 4. The number of carbonyl (C=O) groups excluding carboxylic acids is 1. The lowest BCUT2D eigenvalue weighted by molar-refractivity contribution is -0.136. The van der Waals surface area contributed by atoms with E-state index in [-0.39, 0.29) is 18.3 Å². The number of anilines is 1. The number of carbonyl (C=O) groups is 1. The molecule has 0 unspecified atom stereocenters. The van der Waals surface area contributed by atoms with E-state index in [1.165, 1.54) is 35.5 Å². The fourth-order valence-corrected chi connectivity index (χ4v) is 2.84. The Kier molecular flexibility index (Phi) is 5.22. The molecule has 1 atom stereocenters. The SMILES string of the molecule is O=C(Nc1ccccc1C(F)(F)F)N1CC[C@@H](Oc2ccncc2Cl)C1. The largest absolute Gasteiger partial charge is 0.487 e. The Labute approximate surface area is 152 Å². The fraction of sp³-hybridized carbons (Fsp3) is 0.294. The van der Waals surface area contributed by atoms with E-state index in [1.807, 2.05) is 0 Å². The van der Waals surface area contributed by atoms with Crippen LogP contribution in [0.3, 0.4) is 0 Å². The standard InChI is InChI=1S/C17H15ClF3N3O2/c18-13-9-22-7-5-15(13)26-11-6-8-24(10-11)16(25)23-14-4-2-1-3-12(14)17(19,20)21/h1-5,7,9,11H,6,8,10H2,(H,23,25)/t11-/m1/s1. The van der Waals surface area contributed by atoms with Crippen LogP contribution in [-0.2, 0) is 6.18 Å². The van der Waals surface area contributed by atoms with Crippen molar-refractivity contribution < 1.29 is 22.7 Å². The second kappa shape index (κ2) is 7.41. The molecular formula is C17H15ClF3N3O2. The Morgan fingerprint density at radius 3 is 2.81 bits per heavy atom. The number of benzene rings is 1. The molecule has 1 aromatic heterocycles. The minimum atomic E-state index is -4.54. The van der Waals surface area contributed by atoms with E-state index in [0.717, 1.165) is 6.07 Å². The third kappa shape index (κ3) is 4.19. The van der Waals surface area contributed by atoms with E-state index in [0.29, 0.717) is 23.7 Å². The van der Waals surface area contributed by atoms with Crippen molar-refractivity contribution in [3.63, 3.8) is 0 Å². The van der Waals surface area contributed by atoms with Gasteiger partial charge >= 0.3 is 12.2 Å². The molecule has 9 heteroatoms. The number of ether oxygens (including phenoxy) is 1. The van der Waals surface area contributed by atoms with Crippen LogP contribution in [0.4, 0.5) is 23.7 Å². The normalized spacial score (nSPS) is 17.2. The maximum absolute atomic E-state index is 13.0. The van der Waals surface area contributed by atoms with Gasteiger partial charge in [-0.15, -0.1) is 0 Å². The first-order chi connectivity index (χ1) is 12.3. The summed E-state index contributed by atoms with van der Waals surface area (Å²) >= 11 is 5.98. The number of para-hydroxylation sites is 1. The third-order valence-electron chi connectivity index (χ3n) is 3.94. The van der Waals surface area contributed by atoms with Gasteiger partial charge in [-0.2, -0.15) is 13.2 Å². The summed E-state index contributed by atoms with van der Waals surface area (Å²) in [6, 6.07) is 5.88. The summed E-state index contributed by atoms with van der Waals surface area (Å²) < 4.78 is 44.8. The summed E-state index contributed by atoms with van der Waals surface area (Å²) in [4.78, 5) is 17.6. The average molecular weight is 386 g/mol. The van der Waals surface area contributed by atoms with Gasteiger partial charge in [0.2, 0.25) is 0 Å². The van der Waals surface area contributed by atoms with Gasteiger partial charge in [-0.3, -0.25) is 4.98 Å². The number of alkyl halides is 3. The van der Waals surface area contributed by atoms with Crippen molar-refractivity contribution in [2.45, 2.75) is 18.7 Å². The Hall–Kier alpha value is -2.48. The molecule has 2 heterocycles. The monoisotopic (exact) mass is 385 g/mol. The van der Waals surface area contributed by atoms with Crippen molar-refractivity contribution in [1.82, 2.24) is 9.88 Å². The summed E-state index contributed by atoms with van der Waals surface area (Å²) in [5, 5.41) is 2.69. The van der Waals surface area contributed by atoms with Crippen LogP contribution in [0.2, 0.25) is 5.02 Å². The van der Waals surface area contributed by atoms with Crippen molar-refractivity contribution in [1.29, 1.82) is 0 Å². The molecule has 26 heavy (non-hydrogen) atoms. The van der Waals surface area contributed by atoms with Gasteiger partial charge in [0.25, 0.3) is 0 Å². The number of amides is 2. The van der Waals surface area contributed by atoms with Crippen molar-refractivity contribution in [3.8, 4) is 5.75 Å². The Bertz CT molecular complexity index is 801. The lowest BCUT2D eigenvalue weighted by Gasteiger charge is -2.20. The number of aromatic nitrogens is 1. The van der Waals surface area contributed by atoms with Crippen LogP contribution in [0.5, 0.6) is 5.75 Å². The number of hydrogen-bond donors (Lipinski definition) is 1. The van der Waals surface area contributed by atoms with Crippen LogP contribution < -0.4 is 10.1 Å². The quantitative estimate of drug-likeness (QED) is 0.849. The molecule has 138 valence electrons. The van der Waals surface area contributed by atoms with Crippen molar-refractivity contribution in [2.75, 3.05) is 18.4 Å². The molecule has 0 saturated carbocycles.